The molecule has 0 bridgehead atoms. The number of alkyl halides is 1. The standard InChI is InChI=1S/C27H35FO7/c1-15-12-20-18-5-4-16-13-17(29)6-9-25(16,2)19(18)7-10-26(20,3)27(15,24(32)34-14-28)35-23(31)22-21(30)8-11-33-22/h6,9,13,15,18-22,30H,4-5,7-8,10-12,14H2,1-3H3/t15?,18-,19+,20?,21?,22+,25-,26-,27-/m0/s1. The first-order chi connectivity index (χ1) is 16.6. The molecule has 0 spiro atoms. The van der Waals surface area contributed by atoms with Gasteiger partial charge in [0.2, 0.25) is 12.5 Å². The normalized spacial score (nSPS) is 46.3. The zero-order valence-corrected chi connectivity index (χ0v) is 20.6. The summed E-state index contributed by atoms with van der Waals surface area (Å²) in [6.45, 7) is 4.97. The number of esters is 2. The molecule has 1 N–H and O–H groups in total. The summed E-state index contributed by atoms with van der Waals surface area (Å²) in [5, 5.41) is 10.2. The van der Waals surface area contributed by atoms with Gasteiger partial charge in [-0.1, -0.05) is 32.4 Å². The van der Waals surface area contributed by atoms with E-state index in [1.807, 2.05) is 19.9 Å². The van der Waals surface area contributed by atoms with E-state index >= 15 is 0 Å². The molecule has 35 heavy (non-hydrogen) atoms. The van der Waals surface area contributed by atoms with Gasteiger partial charge in [0.15, 0.2) is 11.9 Å². The number of carbonyl (C=O) groups excluding carboxylic acids is 3. The topological polar surface area (TPSA) is 99.1 Å². The summed E-state index contributed by atoms with van der Waals surface area (Å²) in [5.74, 6) is -1.42. The third-order valence-corrected chi connectivity index (χ3v) is 10.1. The number of ketones is 1. The first-order valence-electron chi connectivity index (χ1n) is 12.8. The highest BCUT2D eigenvalue weighted by molar-refractivity contribution is 6.01. The molecule has 3 unspecified atom stereocenters. The summed E-state index contributed by atoms with van der Waals surface area (Å²) in [6, 6.07) is 0. The molecule has 0 aromatic heterocycles. The number of carbonyl (C=O) groups is 3. The minimum Gasteiger partial charge on any atom is -0.444 e. The lowest BCUT2D eigenvalue weighted by atomic mass is 9.47. The van der Waals surface area contributed by atoms with E-state index in [0.29, 0.717) is 25.2 Å². The third kappa shape index (κ3) is 3.39. The van der Waals surface area contributed by atoms with Crippen molar-refractivity contribution in [2.45, 2.75) is 77.1 Å². The Labute approximate surface area is 205 Å². The van der Waals surface area contributed by atoms with Crippen molar-refractivity contribution in [3.8, 4) is 0 Å². The largest absolute Gasteiger partial charge is 0.444 e. The van der Waals surface area contributed by atoms with Crippen LogP contribution in [0.15, 0.2) is 23.8 Å². The molecule has 0 aromatic rings. The molecule has 1 heterocycles. The highest BCUT2D eigenvalue weighted by Gasteiger charge is 2.72. The van der Waals surface area contributed by atoms with Crippen molar-refractivity contribution < 1.29 is 38.1 Å². The smallest absolute Gasteiger partial charge is 0.353 e. The molecule has 0 radical (unpaired) electrons. The van der Waals surface area contributed by atoms with Crippen molar-refractivity contribution in [1.29, 1.82) is 0 Å². The number of fused-ring (bicyclic) bond motifs is 5. The van der Waals surface area contributed by atoms with Crippen molar-refractivity contribution in [2.24, 2.45) is 34.5 Å². The molecular weight excluding hydrogens is 455 g/mol. The lowest BCUT2D eigenvalue weighted by molar-refractivity contribution is -0.219. The molecule has 192 valence electrons. The molecule has 1 saturated heterocycles. The van der Waals surface area contributed by atoms with Crippen LogP contribution in [0.2, 0.25) is 0 Å². The number of hydrogen-bond acceptors (Lipinski definition) is 7. The van der Waals surface area contributed by atoms with Crippen LogP contribution in [0, 0.1) is 34.5 Å². The number of ether oxygens (including phenoxy) is 3. The second kappa shape index (κ2) is 8.51. The molecular formula is C27H35FO7. The molecule has 5 aliphatic rings. The van der Waals surface area contributed by atoms with Gasteiger partial charge in [0.05, 0.1) is 12.7 Å². The Morgan fingerprint density at radius 2 is 2.00 bits per heavy atom. The molecule has 4 fully saturated rings. The van der Waals surface area contributed by atoms with Gasteiger partial charge < -0.3 is 19.3 Å². The molecule has 0 aromatic carbocycles. The predicted octanol–water partition coefficient (Wildman–Crippen LogP) is 3.44. The van der Waals surface area contributed by atoms with E-state index in [2.05, 4.69) is 6.92 Å². The summed E-state index contributed by atoms with van der Waals surface area (Å²) in [5.41, 5.74) is -1.47. The van der Waals surface area contributed by atoms with Gasteiger partial charge in [-0.3, -0.25) is 4.79 Å². The number of aliphatic hydroxyl groups is 1. The molecule has 5 rings (SSSR count). The number of halogens is 1. The highest BCUT2D eigenvalue weighted by atomic mass is 19.1. The van der Waals surface area contributed by atoms with E-state index in [0.717, 1.165) is 19.3 Å². The minimum absolute atomic E-state index is 0.0299. The van der Waals surface area contributed by atoms with E-state index in [4.69, 9.17) is 14.2 Å². The first kappa shape index (κ1) is 24.6. The SMILES string of the molecule is CC1CC2[C@H]3CCC4=CC(=O)C=C[C@]4(C)[C@@H]3CC[C@]2(C)[C@@]1(OC(=O)[C@@H]1OCCC1O)C(=O)OCF. The highest BCUT2D eigenvalue weighted by Crippen LogP contribution is 2.69. The van der Waals surface area contributed by atoms with Gasteiger partial charge >= 0.3 is 11.9 Å². The van der Waals surface area contributed by atoms with Crippen LogP contribution in [0.3, 0.4) is 0 Å². The Morgan fingerprint density at radius 3 is 2.69 bits per heavy atom. The van der Waals surface area contributed by atoms with Crippen molar-refractivity contribution in [3.05, 3.63) is 23.8 Å². The summed E-state index contributed by atoms with van der Waals surface area (Å²) < 4.78 is 29.6. The van der Waals surface area contributed by atoms with Crippen LogP contribution in [0.4, 0.5) is 4.39 Å². The zero-order valence-electron chi connectivity index (χ0n) is 20.6. The Hall–Kier alpha value is -2.06. The Kier molecular flexibility index (Phi) is 5.99. The second-order valence-electron chi connectivity index (χ2n) is 11.5. The van der Waals surface area contributed by atoms with Gasteiger partial charge in [0.1, 0.15) is 0 Å². The van der Waals surface area contributed by atoms with Gasteiger partial charge in [0, 0.05) is 16.7 Å². The Morgan fingerprint density at radius 1 is 1.23 bits per heavy atom. The molecule has 7 nitrogen and oxygen atoms in total. The zero-order chi connectivity index (χ0) is 25.2. The van der Waals surface area contributed by atoms with Crippen LogP contribution in [0.1, 0.15) is 59.3 Å². The maximum absolute atomic E-state index is 13.5. The third-order valence-electron chi connectivity index (χ3n) is 10.1. The average molecular weight is 491 g/mol. The lowest BCUT2D eigenvalue weighted by Crippen LogP contribution is -2.62. The summed E-state index contributed by atoms with van der Waals surface area (Å²) in [6.07, 6.45) is 7.33. The van der Waals surface area contributed by atoms with Gasteiger partial charge in [-0.2, -0.15) is 0 Å². The van der Waals surface area contributed by atoms with E-state index in [1.165, 1.54) is 5.57 Å². The predicted molar refractivity (Wildman–Crippen MR) is 122 cm³/mol. The number of hydrogen-bond donors (Lipinski definition) is 1. The summed E-state index contributed by atoms with van der Waals surface area (Å²) >= 11 is 0. The van der Waals surface area contributed by atoms with Crippen LogP contribution in [-0.4, -0.2) is 54.1 Å². The molecule has 1 aliphatic heterocycles. The maximum atomic E-state index is 13.5. The summed E-state index contributed by atoms with van der Waals surface area (Å²) in [4.78, 5) is 38.7. The molecule has 9 atom stereocenters. The van der Waals surface area contributed by atoms with Crippen molar-refractivity contribution in [3.63, 3.8) is 0 Å². The van der Waals surface area contributed by atoms with E-state index in [1.54, 1.807) is 12.2 Å². The maximum Gasteiger partial charge on any atom is 0.353 e. The van der Waals surface area contributed by atoms with E-state index in [-0.39, 0.29) is 29.6 Å². The molecule has 4 aliphatic carbocycles. The number of rotatable bonds is 4. The van der Waals surface area contributed by atoms with Crippen LogP contribution in [-0.2, 0) is 28.6 Å². The fourth-order valence-corrected chi connectivity index (χ4v) is 8.39. The van der Waals surface area contributed by atoms with Gasteiger partial charge in [-0.05, 0) is 68.4 Å². The van der Waals surface area contributed by atoms with Crippen LogP contribution in [0.5, 0.6) is 0 Å². The molecule has 8 heteroatoms. The molecule has 3 saturated carbocycles. The lowest BCUT2D eigenvalue weighted by Gasteiger charge is -2.58. The van der Waals surface area contributed by atoms with Gasteiger partial charge in [0.25, 0.3) is 0 Å². The van der Waals surface area contributed by atoms with E-state index < -0.39 is 47.9 Å². The summed E-state index contributed by atoms with van der Waals surface area (Å²) in [7, 11) is 0. The van der Waals surface area contributed by atoms with Crippen LogP contribution < -0.4 is 0 Å². The van der Waals surface area contributed by atoms with Gasteiger partial charge in [-0.25, -0.2) is 14.0 Å². The fourth-order valence-electron chi connectivity index (χ4n) is 8.39. The minimum atomic E-state index is -1.66. The van der Waals surface area contributed by atoms with E-state index in [9.17, 15) is 23.9 Å². The van der Waals surface area contributed by atoms with Crippen molar-refractivity contribution in [1.82, 2.24) is 0 Å². The fraction of sp³-hybridized carbons (Fsp3) is 0.741. The second-order valence-corrected chi connectivity index (χ2v) is 11.5. The monoisotopic (exact) mass is 490 g/mol. The van der Waals surface area contributed by atoms with Crippen LogP contribution in [0.25, 0.3) is 0 Å². The van der Waals surface area contributed by atoms with Crippen molar-refractivity contribution in [2.75, 3.05) is 13.5 Å². The average Bonchev–Trinajstić information content (AvgIpc) is 3.34. The Balaban J connectivity index is 1.51. The van der Waals surface area contributed by atoms with Gasteiger partial charge in [-0.15, -0.1) is 0 Å². The quantitative estimate of drug-likeness (QED) is 0.603. The Bertz CT molecular complexity index is 990. The van der Waals surface area contributed by atoms with Crippen molar-refractivity contribution >= 4 is 17.7 Å². The number of aliphatic hydroxyl groups excluding tert-OH is 1. The first-order valence-corrected chi connectivity index (χ1v) is 12.8. The molecule has 0 amide bonds. The van der Waals surface area contributed by atoms with Crippen LogP contribution >= 0.6 is 0 Å². The number of allylic oxidation sites excluding steroid dienone is 4.